The topological polar surface area (TPSA) is 175 Å². The second-order valence-corrected chi connectivity index (χ2v) is 19.0. The molecule has 2 saturated heterocycles. The van der Waals surface area contributed by atoms with E-state index in [9.17, 15) is 41.1 Å². The van der Waals surface area contributed by atoms with Gasteiger partial charge in [0.2, 0.25) is 11.8 Å². The highest BCUT2D eigenvalue weighted by atomic mass is 19.2. The number of piperidine rings is 2. The zero-order valence-corrected chi connectivity index (χ0v) is 40.6. The van der Waals surface area contributed by atoms with Crippen molar-refractivity contribution in [3.63, 3.8) is 0 Å². The van der Waals surface area contributed by atoms with Crippen LogP contribution >= 0.6 is 0 Å². The van der Waals surface area contributed by atoms with Crippen molar-refractivity contribution in [2.24, 2.45) is 0 Å². The van der Waals surface area contributed by atoms with Crippen LogP contribution in [0, 0.1) is 40.4 Å². The molecular formula is C54H62F5N7O5. The van der Waals surface area contributed by atoms with Gasteiger partial charge >= 0.3 is 0 Å². The maximum Gasteiger partial charge on any atom is 0.234 e. The number of nitriles is 1. The Kier molecular flexibility index (Phi) is 19.0. The van der Waals surface area contributed by atoms with Gasteiger partial charge in [0.15, 0.2) is 46.2 Å². The number of aromatic nitrogens is 1. The summed E-state index contributed by atoms with van der Waals surface area (Å²) in [5, 5.41) is 19.0. The van der Waals surface area contributed by atoms with Gasteiger partial charge in [0.05, 0.1) is 36.1 Å². The molecule has 2 amide bonds. The number of ketones is 2. The van der Waals surface area contributed by atoms with Crippen molar-refractivity contribution in [3.8, 4) is 6.07 Å². The molecule has 2 aliphatic rings. The van der Waals surface area contributed by atoms with E-state index in [0.29, 0.717) is 39.9 Å². The molecule has 1 aromatic heterocycles. The number of nitrogens with two attached hydrogens (primary N) is 1. The summed E-state index contributed by atoms with van der Waals surface area (Å²) in [4.78, 5) is 56.5. The molecular weight excluding hydrogens is 922 g/mol. The van der Waals surface area contributed by atoms with Crippen LogP contribution in [0.3, 0.4) is 0 Å². The van der Waals surface area contributed by atoms with E-state index in [1.165, 1.54) is 24.3 Å². The highest BCUT2D eigenvalue weighted by molar-refractivity contribution is 5.91. The van der Waals surface area contributed by atoms with Crippen LogP contribution in [-0.4, -0.2) is 87.7 Å². The van der Waals surface area contributed by atoms with Gasteiger partial charge in [-0.3, -0.25) is 29.0 Å². The van der Waals surface area contributed by atoms with E-state index >= 15 is 0 Å². The minimum absolute atomic E-state index is 0.00854. The van der Waals surface area contributed by atoms with Gasteiger partial charge in [-0.05, 0) is 150 Å². The van der Waals surface area contributed by atoms with Gasteiger partial charge in [0, 0.05) is 37.0 Å². The average Bonchev–Trinajstić information content (AvgIpc) is 3.71. The van der Waals surface area contributed by atoms with Crippen LogP contribution in [0.4, 0.5) is 27.8 Å². The Balaban J connectivity index is 0.000000233. The zero-order chi connectivity index (χ0) is 51.4. The van der Waals surface area contributed by atoms with Crippen molar-refractivity contribution >= 4 is 40.2 Å². The van der Waals surface area contributed by atoms with Crippen molar-refractivity contribution < 1.29 is 45.7 Å². The fourth-order valence-electron chi connectivity index (χ4n) is 9.52. The molecule has 3 heterocycles. The van der Waals surface area contributed by atoms with E-state index in [4.69, 9.17) is 15.5 Å². The maximum atomic E-state index is 13.9. The van der Waals surface area contributed by atoms with Crippen LogP contribution in [-0.2, 0) is 44.9 Å². The van der Waals surface area contributed by atoms with Crippen molar-refractivity contribution in [1.82, 2.24) is 25.6 Å². The van der Waals surface area contributed by atoms with Gasteiger partial charge in [0.25, 0.3) is 0 Å². The van der Waals surface area contributed by atoms with E-state index in [1.807, 2.05) is 6.07 Å². The lowest BCUT2D eigenvalue weighted by molar-refractivity contribution is -0.129. The molecule has 4 aromatic carbocycles. The summed E-state index contributed by atoms with van der Waals surface area (Å²) < 4.78 is 73.5. The first-order valence-corrected chi connectivity index (χ1v) is 24.2. The number of aryl methyl sites for hydroxylation is 2. The molecule has 0 saturated carbocycles. The molecule has 0 spiro atoms. The van der Waals surface area contributed by atoms with Crippen LogP contribution in [0.15, 0.2) is 77.3 Å². The minimum atomic E-state index is -1.02. The van der Waals surface area contributed by atoms with Crippen LogP contribution < -0.4 is 16.4 Å². The minimum Gasteiger partial charge on any atom is -0.380 e. The maximum absolute atomic E-state index is 13.9. The van der Waals surface area contributed by atoms with Gasteiger partial charge in [-0.15, -0.1) is 0 Å². The lowest BCUT2D eigenvalue weighted by Crippen LogP contribution is -2.51. The molecule has 0 bridgehead atoms. The lowest BCUT2D eigenvalue weighted by atomic mass is 9.96. The summed E-state index contributed by atoms with van der Waals surface area (Å²) in [5.74, 6) is -5.36. The predicted octanol–water partition coefficient (Wildman–Crippen LogP) is 8.65. The quantitative estimate of drug-likeness (QED) is 0.0721. The van der Waals surface area contributed by atoms with Gasteiger partial charge in [-0.1, -0.05) is 42.3 Å². The molecule has 7 rings (SSSR count). The summed E-state index contributed by atoms with van der Waals surface area (Å²) in [7, 11) is 0. The Morgan fingerprint density at radius 1 is 0.634 bits per heavy atom. The molecule has 2 fully saturated rings. The van der Waals surface area contributed by atoms with Crippen LogP contribution in [0.2, 0.25) is 0 Å². The Bertz CT molecular complexity index is 2710. The number of anilines is 1. The molecule has 12 nitrogen and oxygen atoms in total. The van der Waals surface area contributed by atoms with Crippen LogP contribution in [0.5, 0.6) is 0 Å². The third-order valence-electron chi connectivity index (χ3n) is 13.7. The van der Waals surface area contributed by atoms with Crippen LogP contribution in [0.25, 0.3) is 11.0 Å². The number of carbonyl (C=O) groups is 4. The number of hydrogen-bond donors (Lipinski definition) is 3. The second-order valence-electron chi connectivity index (χ2n) is 19.0. The molecule has 5 aromatic rings. The Morgan fingerprint density at radius 3 is 1.49 bits per heavy atom. The molecule has 2 aliphatic heterocycles. The van der Waals surface area contributed by atoms with E-state index in [-0.39, 0.29) is 98.3 Å². The van der Waals surface area contributed by atoms with Crippen molar-refractivity contribution in [1.29, 1.82) is 5.26 Å². The number of fused-ring (bicyclic) bond motifs is 1. The largest absolute Gasteiger partial charge is 0.380 e. The number of benzene rings is 4. The standard InChI is InChI=1S/C27H30F3N3O2.C27H32F2N4O3/c1-17-4-3-5-18(2)33(17)16-27(35)32-25(14-20-7-10-22(28)24(30)13-20)26(34)11-8-19-6-9-21(15-31)23(29)12-19;1-16-4-3-5-17(2)33(16)15-26(35)31-23(13-19-7-10-21(28)22(29)12-19)24(34)11-8-18-6-9-20-25(14-18)36-32-27(20)30/h6-7,9-10,12-13,17-18,25H,3-5,8,11,14,16H2,1-2H3,(H,32,35);6-7,9-10,12,14,16-17,23H,3-5,8,11,13,15H2,1-2H3,(H2,30,32)(H,31,35)/t17-,18+,25-;16-,17+,23-/m00/s1. The number of nitrogens with one attached hydrogen (secondary N) is 2. The van der Waals surface area contributed by atoms with E-state index < -0.39 is 41.2 Å². The van der Waals surface area contributed by atoms with Crippen LogP contribution in [0.1, 0.15) is 107 Å². The summed E-state index contributed by atoms with van der Waals surface area (Å²) in [6.07, 6.45) is 7.15. The Morgan fingerprint density at radius 2 is 1.06 bits per heavy atom. The summed E-state index contributed by atoms with van der Waals surface area (Å²) in [6.45, 7) is 8.68. The number of halogens is 5. The fourth-order valence-corrected chi connectivity index (χ4v) is 9.52. The molecule has 6 atom stereocenters. The smallest absolute Gasteiger partial charge is 0.234 e. The first-order chi connectivity index (χ1) is 33.9. The molecule has 4 N–H and O–H groups in total. The number of likely N-dealkylation sites (tertiary alicyclic amines) is 2. The van der Waals surface area contributed by atoms with Gasteiger partial charge < -0.3 is 20.9 Å². The lowest BCUT2D eigenvalue weighted by Gasteiger charge is -2.38. The Labute approximate surface area is 411 Å². The second kappa shape index (κ2) is 25.0. The molecule has 378 valence electrons. The monoisotopic (exact) mass is 983 g/mol. The Hall–Kier alpha value is -6.51. The van der Waals surface area contributed by atoms with Gasteiger partial charge in [-0.2, -0.15) is 5.26 Å². The summed E-state index contributed by atoms with van der Waals surface area (Å²) in [5.41, 5.74) is 8.44. The number of rotatable bonds is 18. The summed E-state index contributed by atoms with van der Waals surface area (Å²) in [6, 6.07) is 17.5. The van der Waals surface area contributed by atoms with E-state index in [0.717, 1.165) is 68.4 Å². The predicted molar refractivity (Wildman–Crippen MR) is 259 cm³/mol. The molecule has 71 heavy (non-hydrogen) atoms. The molecule has 0 unspecified atom stereocenters. The number of amides is 2. The third kappa shape index (κ3) is 15.0. The number of nitrogens with zero attached hydrogens (tertiary/aromatic N) is 4. The van der Waals surface area contributed by atoms with Crippen molar-refractivity contribution in [2.75, 3.05) is 18.8 Å². The first kappa shape index (κ1) is 53.8. The highest BCUT2D eigenvalue weighted by Crippen LogP contribution is 2.25. The molecule has 0 radical (unpaired) electrons. The number of Topliss-reactive ketones (excluding diaryl/α,β-unsaturated/α-hetero) is 2. The van der Waals surface area contributed by atoms with E-state index in [1.54, 1.807) is 24.3 Å². The number of carbonyl (C=O) groups excluding carboxylic acids is 4. The highest BCUT2D eigenvalue weighted by Gasteiger charge is 2.30. The zero-order valence-electron chi connectivity index (χ0n) is 40.6. The normalized spacial score (nSPS) is 19.2. The van der Waals surface area contributed by atoms with Gasteiger partial charge in [-0.25, -0.2) is 22.0 Å². The summed E-state index contributed by atoms with van der Waals surface area (Å²) >= 11 is 0. The molecule has 17 heteroatoms. The molecule has 0 aliphatic carbocycles. The first-order valence-electron chi connectivity index (χ1n) is 24.2. The van der Waals surface area contributed by atoms with Crippen molar-refractivity contribution in [3.05, 3.63) is 130 Å². The number of nitrogen functional groups attached to an aromatic ring is 1. The van der Waals surface area contributed by atoms with Gasteiger partial charge in [0.1, 0.15) is 11.9 Å². The fraction of sp³-hybridized carbons (Fsp3) is 0.444. The SMILES string of the molecule is C[C@@H]1CCC[C@H](C)N1CC(=O)N[C@@H](Cc1ccc(F)c(F)c1)C(=O)CCc1ccc(C#N)c(F)c1.C[C@@H]1CCC[C@H](C)N1CC(=O)N[C@@H](Cc1ccc(F)c(F)c1)C(=O)CCc1ccc2c(N)noc2c1. The average molecular weight is 984 g/mol. The van der Waals surface area contributed by atoms with Crippen molar-refractivity contribution in [2.45, 2.75) is 141 Å². The third-order valence-corrected chi connectivity index (χ3v) is 13.7. The number of hydrogen-bond acceptors (Lipinski definition) is 10. The van der Waals surface area contributed by atoms with E-state index in [2.05, 4.69) is 53.3 Å².